The van der Waals surface area contributed by atoms with Crippen LogP contribution < -0.4 is 4.74 Å². The first-order chi connectivity index (χ1) is 8.97. The lowest BCUT2D eigenvalue weighted by atomic mass is 10.2. The summed E-state index contributed by atoms with van der Waals surface area (Å²) in [6, 6.07) is 7.47. The van der Waals surface area contributed by atoms with Crippen molar-refractivity contribution in [2.75, 3.05) is 6.61 Å². The van der Waals surface area contributed by atoms with E-state index in [-0.39, 0.29) is 12.4 Å². The highest BCUT2D eigenvalue weighted by Gasteiger charge is 2.30. The Hall–Kier alpha value is -1.95. The molecule has 1 aromatic heterocycles. The Balaban J connectivity index is 1.93. The van der Waals surface area contributed by atoms with Crippen molar-refractivity contribution in [3.63, 3.8) is 0 Å². The maximum atomic E-state index is 12.3. The van der Waals surface area contributed by atoms with Crippen molar-refractivity contribution in [3.8, 4) is 5.75 Å². The smallest absolute Gasteiger partial charge is 0.416 e. The lowest BCUT2D eigenvalue weighted by Crippen LogP contribution is -2.09. The van der Waals surface area contributed by atoms with Gasteiger partial charge in [0.05, 0.1) is 11.8 Å². The minimum absolute atomic E-state index is 0.0983. The van der Waals surface area contributed by atoms with E-state index in [2.05, 4.69) is 0 Å². The first kappa shape index (κ1) is 13.5. The van der Waals surface area contributed by atoms with Gasteiger partial charge in [-0.1, -0.05) is 0 Å². The van der Waals surface area contributed by atoms with Crippen LogP contribution in [-0.2, 0) is 6.18 Å². The minimum atomic E-state index is -4.37. The molecular weight excluding hydrogens is 261 g/mol. The van der Waals surface area contributed by atoms with E-state index in [1.165, 1.54) is 18.4 Å². The quantitative estimate of drug-likeness (QED) is 0.927. The van der Waals surface area contributed by atoms with Crippen LogP contribution in [0.1, 0.15) is 17.4 Å². The number of alkyl halides is 3. The number of hydrogen-bond donors (Lipinski definition) is 1. The molecule has 2 rings (SSSR count). The van der Waals surface area contributed by atoms with Gasteiger partial charge in [0.1, 0.15) is 24.2 Å². The normalized spacial score (nSPS) is 13.3. The number of rotatable bonds is 4. The van der Waals surface area contributed by atoms with Crippen LogP contribution in [0.2, 0.25) is 0 Å². The van der Waals surface area contributed by atoms with Crippen LogP contribution in [-0.4, -0.2) is 11.7 Å². The largest absolute Gasteiger partial charge is 0.490 e. The van der Waals surface area contributed by atoms with Crippen LogP contribution in [0, 0.1) is 0 Å². The van der Waals surface area contributed by atoms with Gasteiger partial charge in [0.15, 0.2) is 0 Å². The third-order valence-corrected chi connectivity index (χ3v) is 2.46. The second-order valence-electron chi connectivity index (χ2n) is 3.86. The molecule has 0 aliphatic carbocycles. The molecule has 6 heteroatoms. The maximum absolute atomic E-state index is 12.3. The van der Waals surface area contributed by atoms with E-state index >= 15 is 0 Å². The predicted octanol–water partition coefficient (Wildman–Crippen LogP) is 3.41. The van der Waals surface area contributed by atoms with Gasteiger partial charge < -0.3 is 14.3 Å². The summed E-state index contributed by atoms with van der Waals surface area (Å²) in [5.74, 6) is 0.588. The Morgan fingerprint density at radius 1 is 1.16 bits per heavy atom. The first-order valence-electron chi connectivity index (χ1n) is 5.48. The van der Waals surface area contributed by atoms with Gasteiger partial charge >= 0.3 is 6.18 Å². The van der Waals surface area contributed by atoms with Crippen molar-refractivity contribution in [2.24, 2.45) is 0 Å². The van der Waals surface area contributed by atoms with Gasteiger partial charge in [-0.05, 0) is 36.4 Å². The Morgan fingerprint density at radius 3 is 2.37 bits per heavy atom. The number of furan rings is 1. The Labute approximate surface area is 107 Å². The van der Waals surface area contributed by atoms with Crippen molar-refractivity contribution in [1.82, 2.24) is 0 Å². The molecule has 1 atom stereocenters. The molecular formula is C13H11F3O3. The van der Waals surface area contributed by atoms with Gasteiger partial charge in [-0.3, -0.25) is 0 Å². The Bertz CT molecular complexity index is 503. The summed E-state index contributed by atoms with van der Waals surface area (Å²) in [5, 5.41) is 9.66. The highest BCUT2D eigenvalue weighted by molar-refractivity contribution is 5.28. The average molecular weight is 272 g/mol. The van der Waals surface area contributed by atoms with Gasteiger partial charge in [0.2, 0.25) is 0 Å². The van der Waals surface area contributed by atoms with Crippen molar-refractivity contribution >= 4 is 0 Å². The van der Waals surface area contributed by atoms with Gasteiger partial charge in [0.25, 0.3) is 0 Å². The third kappa shape index (κ3) is 3.51. The van der Waals surface area contributed by atoms with Gasteiger partial charge in [-0.15, -0.1) is 0 Å². The van der Waals surface area contributed by atoms with E-state index in [9.17, 15) is 18.3 Å². The fourth-order valence-corrected chi connectivity index (χ4v) is 1.48. The molecule has 0 saturated carbocycles. The zero-order chi connectivity index (χ0) is 13.9. The average Bonchev–Trinajstić information content (AvgIpc) is 2.89. The summed E-state index contributed by atoms with van der Waals surface area (Å²) in [7, 11) is 0. The highest BCUT2D eigenvalue weighted by Crippen LogP contribution is 2.30. The molecule has 0 aliphatic heterocycles. The molecule has 0 bridgehead atoms. The van der Waals surface area contributed by atoms with E-state index in [1.807, 2.05) is 0 Å². The summed E-state index contributed by atoms with van der Waals surface area (Å²) in [4.78, 5) is 0. The summed E-state index contributed by atoms with van der Waals surface area (Å²) >= 11 is 0. The lowest BCUT2D eigenvalue weighted by Gasteiger charge is -2.11. The Morgan fingerprint density at radius 2 is 1.84 bits per heavy atom. The van der Waals surface area contributed by atoms with Crippen LogP contribution in [0.25, 0.3) is 0 Å². The van der Waals surface area contributed by atoms with Crippen molar-refractivity contribution in [1.29, 1.82) is 0 Å². The van der Waals surface area contributed by atoms with E-state index in [4.69, 9.17) is 9.15 Å². The number of halogens is 3. The molecule has 0 aliphatic rings. The van der Waals surface area contributed by atoms with Gasteiger partial charge in [-0.25, -0.2) is 0 Å². The predicted molar refractivity (Wildman–Crippen MR) is 60.6 cm³/mol. The number of hydrogen-bond acceptors (Lipinski definition) is 3. The minimum Gasteiger partial charge on any atom is -0.490 e. The zero-order valence-electron chi connectivity index (χ0n) is 9.72. The first-order valence-corrected chi connectivity index (χ1v) is 5.48. The summed E-state index contributed by atoms with van der Waals surface area (Å²) in [6.07, 6.45) is -3.92. The molecule has 3 nitrogen and oxygen atoms in total. The summed E-state index contributed by atoms with van der Waals surface area (Å²) < 4.78 is 47.1. The van der Waals surface area contributed by atoms with E-state index in [0.29, 0.717) is 5.76 Å². The zero-order valence-corrected chi connectivity index (χ0v) is 9.72. The molecule has 1 aromatic carbocycles. The monoisotopic (exact) mass is 272 g/mol. The molecule has 0 spiro atoms. The van der Waals surface area contributed by atoms with Crippen LogP contribution in [0.3, 0.4) is 0 Å². The van der Waals surface area contributed by atoms with Gasteiger partial charge in [0, 0.05) is 0 Å². The summed E-state index contributed by atoms with van der Waals surface area (Å²) in [5.41, 5.74) is -0.744. The fraction of sp³-hybridized carbons (Fsp3) is 0.231. The molecule has 102 valence electrons. The standard InChI is InChI=1S/C13H11F3O3/c14-13(15,16)9-3-5-10(6-4-9)19-8-11(17)12-2-1-7-18-12/h1-7,11,17H,8H2. The summed E-state index contributed by atoms with van der Waals surface area (Å²) in [6.45, 7) is -0.0983. The third-order valence-electron chi connectivity index (χ3n) is 2.46. The maximum Gasteiger partial charge on any atom is 0.416 e. The van der Waals surface area contributed by atoms with Crippen molar-refractivity contribution in [2.45, 2.75) is 12.3 Å². The molecule has 1 unspecified atom stereocenters. The molecule has 0 amide bonds. The van der Waals surface area contributed by atoms with Crippen molar-refractivity contribution in [3.05, 3.63) is 54.0 Å². The number of ether oxygens (including phenoxy) is 1. The second kappa shape index (κ2) is 5.36. The lowest BCUT2D eigenvalue weighted by molar-refractivity contribution is -0.137. The van der Waals surface area contributed by atoms with Crippen LogP contribution in [0.5, 0.6) is 5.75 Å². The molecule has 19 heavy (non-hydrogen) atoms. The Kier molecular flexibility index (Phi) is 3.80. The second-order valence-corrected chi connectivity index (χ2v) is 3.86. The molecule has 1 N–H and O–H groups in total. The van der Waals surface area contributed by atoms with Crippen LogP contribution >= 0.6 is 0 Å². The van der Waals surface area contributed by atoms with Crippen LogP contribution in [0.4, 0.5) is 13.2 Å². The van der Waals surface area contributed by atoms with E-state index in [1.54, 1.807) is 12.1 Å². The van der Waals surface area contributed by atoms with E-state index in [0.717, 1.165) is 12.1 Å². The fourth-order valence-electron chi connectivity index (χ4n) is 1.48. The molecule has 1 heterocycles. The topological polar surface area (TPSA) is 42.6 Å². The number of benzene rings is 1. The van der Waals surface area contributed by atoms with Crippen LogP contribution in [0.15, 0.2) is 47.1 Å². The SMILES string of the molecule is OC(COc1ccc(C(F)(F)F)cc1)c1ccco1. The van der Waals surface area contributed by atoms with Crippen molar-refractivity contribution < 1.29 is 27.4 Å². The van der Waals surface area contributed by atoms with Gasteiger partial charge in [-0.2, -0.15) is 13.2 Å². The van der Waals surface area contributed by atoms with E-state index < -0.39 is 17.8 Å². The number of aliphatic hydroxyl groups excluding tert-OH is 1. The number of aliphatic hydroxyl groups is 1. The molecule has 0 saturated heterocycles. The molecule has 0 radical (unpaired) electrons. The highest BCUT2D eigenvalue weighted by atomic mass is 19.4. The molecule has 2 aromatic rings. The molecule has 0 fully saturated rings.